The quantitative estimate of drug-likeness (QED) is 0.712. The van der Waals surface area contributed by atoms with E-state index in [0.29, 0.717) is 11.0 Å². The molecular weight excluding hydrogens is 348 g/mol. The van der Waals surface area contributed by atoms with Crippen molar-refractivity contribution in [1.82, 2.24) is 0 Å². The fraction of sp³-hybridized carbons (Fsp3) is 0. The van der Waals surface area contributed by atoms with E-state index in [-0.39, 0.29) is 0 Å². The summed E-state index contributed by atoms with van der Waals surface area (Å²) < 4.78 is 32.2. The minimum Gasteiger partial charge on any atom is -0.279 e. The van der Waals surface area contributed by atoms with Gasteiger partial charge < -0.3 is 0 Å². The highest BCUT2D eigenvalue weighted by atomic mass is 32.2. The van der Waals surface area contributed by atoms with Gasteiger partial charge in [0.1, 0.15) is 5.69 Å². The van der Waals surface area contributed by atoms with Crippen molar-refractivity contribution in [2.24, 2.45) is 9.98 Å². The predicted octanol–water partition coefficient (Wildman–Crippen LogP) is 2.69. The van der Waals surface area contributed by atoms with Crippen LogP contribution in [0.15, 0.2) is 82.8 Å². The smallest absolute Gasteiger partial charge is 0.279 e. The summed E-state index contributed by atoms with van der Waals surface area (Å²) in [6, 6.07) is 23.0. The monoisotopic (exact) mass is 362 g/mol. The number of amidine groups is 1. The lowest BCUT2D eigenvalue weighted by atomic mass is 9.99. The van der Waals surface area contributed by atoms with Gasteiger partial charge in [-0.2, -0.15) is 8.42 Å². The maximum absolute atomic E-state index is 11.4. The fourth-order valence-corrected chi connectivity index (χ4v) is 3.32. The Kier molecular flexibility index (Phi) is 3.99. The molecule has 0 amide bonds. The van der Waals surface area contributed by atoms with Gasteiger partial charge in [-0.1, -0.05) is 66.7 Å². The summed E-state index contributed by atoms with van der Waals surface area (Å²) in [5.41, 5.74) is 3.11. The number of nitrogens with zero attached hydrogens (tertiary/aromatic N) is 2. The van der Waals surface area contributed by atoms with Gasteiger partial charge >= 0.3 is 10.1 Å². The van der Waals surface area contributed by atoms with Crippen LogP contribution in [0.25, 0.3) is 17.2 Å². The molecule has 0 saturated carbocycles. The molecule has 0 atom stereocenters. The first-order chi connectivity index (χ1) is 12.5. The molecule has 1 N–H and O–H groups in total. The van der Waals surface area contributed by atoms with E-state index < -0.39 is 15.3 Å². The minimum absolute atomic E-state index is 0.418. The number of fused-ring (bicyclic) bond motifs is 1. The van der Waals surface area contributed by atoms with E-state index in [2.05, 4.69) is 9.98 Å². The Morgan fingerprint density at radius 1 is 0.808 bits per heavy atom. The van der Waals surface area contributed by atoms with Gasteiger partial charge in [0, 0.05) is 5.56 Å². The van der Waals surface area contributed by atoms with Crippen LogP contribution in [0.3, 0.4) is 0 Å². The largest absolute Gasteiger partial charge is 0.330 e. The molecule has 0 saturated heterocycles. The van der Waals surface area contributed by atoms with E-state index in [1.165, 1.54) is 0 Å². The second-order valence-electron chi connectivity index (χ2n) is 5.80. The van der Waals surface area contributed by atoms with Crippen molar-refractivity contribution in [3.63, 3.8) is 0 Å². The highest BCUT2D eigenvalue weighted by molar-refractivity contribution is 8.01. The molecule has 26 heavy (non-hydrogen) atoms. The van der Waals surface area contributed by atoms with Gasteiger partial charge in [0.25, 0.3) is 5.17 Å². The van der Waals surface area contributed by atoms with E-state index >= 15 is 0 Å². The lowest BCUT2D eigenvalue weighted by molar-refractivity contribution is 0.498. The van der Waals surface area contributed by atoms with Crippen LogP contribution in [-0.4, -0.2) is 18.1 Å². The van der Waals surface area contributed by atoms with Gasteiger partial charge in [-0.15, -0.1) is 0 Å². The summed E-state index contributed by atoms with van der Waals surface area (Å²) in [6.45, 7) is 0. The minimum atomic E-state index is -4.47. The van der Waals surface area contributed by atoms with E-state index in [9.17, 15) is 13.0 Å². The second kappa shape index (κ2) is 6.33. The first kappa shape index (κ1) is 16.4. The molecule has 4 rings (SSSR count). The van der Waals surface area contributed by atoms with E-state index in [1.54, 1.807) is 6.07 Å². The summed E-state index contributed by atoms with van der Waals surface area (Å²) in [6.07, 6.45) is 2.00. The average molecular weight is 362 g/mol. The molecule has 5 nitrogen and oxygen atoms in total. The molecule has 1 aliphatic heterocycles. The van der Waals surface area contributed by atoms with Crippen molar-refractivity contribution in [2.75, 3.05) is 0 Å². The molecule has 1 heterocycles. The maximum Gasteiger partial charge on any atom is 0.330 e. The molecule has 0 fully saturated rings. The Labute approximate surface area is 150 Å². The Morgan fingerprint density at radius 3 is 2.12 bits per heavy atom. The van der Waals surface area contributed by atoms with Crippen LogP contribution in [0.4, 0.5) is 5.69 Å². The molecule has 0 aliphatic carbocycles. The normalized spacial score (nSPS) is 13.9. The number of hydrogen-bond donors (Lipinski definition) is 1. The molecule has 128 valence electrons. The van der Waals surface area contributed by atoms with E-state index in [1.807, 2.05) is 72.8 Å². The molecule has 6 heteroatoms. The highest BCUT2D eigenvalue weighted by Crippen LogP contribution is 2.26. The van der Waals surface area contributed by atoms with Gasteiger partial charge in [0.2, 0.25) is 0 Å². The third-order valence-electron chi connectivity index (χ3n) is 4.03. The molecule has 0 unspecified atom stereocenters. The molecular formula is C20H14N2O3S. The average Bonchev–Trinajstić information content (AvgIpc) is 3.08. The molecule has 0 bridgehead atoms. The Bertz CT molecular complexity index is 1230. The van der Waals surface area contributed by atoms with Crippen molar-refractivity contribution in [3.8, 4) is 11.1 Å². The van der Waals surface area contributed by atoms with Crippen LogP contribution >= 0.6 is 0 Å². The highest BCUT2D eigenvalue weighted by Gasteiger charge is 2.22. The Hall–Kier alpha value is -3.09. The summed E-state index contributed by atoms with van der Waals surface area (Å²) in [5.74, 6) is 0. The first-order valence-corrected chi connectivity index (χ1v) is 9.36. The summed E-state index contributed by atoms with van der Waals surface area (Å²) in [4.78, 5) is 8.05. The van der Waals surface area contributed by atoms with Crippen LogP contribution < -0.4 is 10.6 Å². The van der Waals surface area contributed by atoms with Crippen LogP contribution in [0.5, 0.6) is 0 Å². The summed E-state index contributed by atoms with van der Waals surface area (Å²) >= 11 is 0. The SMILES string of the molecule is O=S(=O)(O)C1=Nc2c(-c3ccccc3)c(=Cc3ccccc3)ccc2=N1. The van der Waals surface area contributed by atoms with Crippen molar-refractivity contribution in [1.29, 1.82) is 0 Å². The summed E-state index contributed by atoms with van der Waals surface area (Å²) in [7, 11) is -4.47. The molecule has 0 aromatic heterocycles. The second-order valence-corrected chi connectivity index (χ2v) is 7.12. The molecule has 0 radical (unpaired) electrons. The van der Waals surface area contributed by atoms with Crippen molar-refractivity contribution in [3.05, 3.63) is 88.9 Å². The molecule has 0 spiro atoms. The Morgan fingerprint density at radius 2 is 1.46 bits per heavy atom. The maximum atomic E-state index is 11.4. The predicted molar refractivity (Wildman–Crippen MR) is 101 cm³/mol. The van der Waals surface area contributed by atoms with Crippen LogP contribution in [0.1, 0.15) is 5.56 Å². The van der Waals surface area contributed by atoms with Crippen LogP contribution in [0.2, 0.25) is 0 Å². The Balaban J connectivity index is 2.04. The van der Waals surface area contributed by atoms with Crippen molar-refractivity contribution >= 4 is 27.0 Å². The van der Waals surface area contributed by atoms with Gasteiger partial charge in [-0.25, -0.2) is 9.98 Å². The zero-order valence-corrected chi connectivity index (χ0v) is 14.4. The van der Waals surface area contributed by atoms with Crippen molar-refractivity contribution in [2.45, 2.75) is 0 Å². The topological polar surface area (TPSA) is 79.1 Å². The van der Waals surface area contributed by atoms with Crippen LogP contribution in [-0.2, 0) is 10.1 Å². The molecule has 1 aliphatic rings. The first-order valence-electron chi connectivity index (χ1n) is 7.92. The number of aliphatic imine (C=N–C) groups is 1. The van der Waals surface area contributed by atoms with E-state index in [0.717, 1.165) is 21.9 Å². The van der Waals surface area contributed by atoms with Gasteiger partial charge in [-0.05, 0) is 28.5 Å². The third-order valence-corrected chi connectivity index (χ3v) is 4.67. The number of benzene rings is 3. The lowest BCUT2D eigenvalue weighted by Crippen LogP contribution is -2.13. The van der Waals surface area contributed by atoms with Crippen molar-refractivity contribution < 1.29 is 13.0 Å². The number of hydrogen-bond acceptors (Lipinski definition) is 4. The third kappa shape index (κ3) is 3.08. The standard InChI is InChI=1S/C20H14N2O3S/c23-26(24,25)20-21-17-12-11-16(13-14-7-3-1-4-8-14)18(19(17)22-20)15-9-5-2-6-10-15/h1-13H,(H,23,24,25). The van der Waals surface area contributed by atoms with Gasteiger partial charge in [0.05, 0.1) is 5.36 Å². The zero-order valence-electron chi connectivity index (χ0n) is 13.6. The number of rotatable bonds is 2. The zero-order chi connectivity index (χ0) is 18.1. The van der Waals surface area contributed by atoms with Gasteiger partial charge in [0.15, 0.2) is 0 Å². The summed E-state index contributed by atoms with van der Waals surface area (Å²) in [5, 5.41) is 0.722. The van der Waals surface area contributed by atoms with Crippen LogP contribution in [0, 0.1) is 0 Å². The molecule has 3 aromatic rings. The fourth-order valence-electron chi connectivity index (χ4n) is 2.90. The van der Waals surface area contributed by atoms with Gasteiger partial charge in [-0.3, -0.25) is 4.55 Å². The van der Waals surface area contributed by atoms with E-state index in [4.69, 9.17) is 0 Å². The molecule has 3 aromatic carbocycles. The lowest BCUT2D eigenvalue weighted by Gasteiger charge is -2.06.